The summed E-state index contributed by atoms with van der Waals surface area (Å²) in [6.07, 6.45) is 5.49. The van der Waals surface area contributed by atoms with Gasteiger partial charge in [-0.15, -0.1) is 0 Å². The zero-order valence-electron chi connectivity index (χ0n) is 8.63. The summed E-state index contributed by atoms with van der Waals surface area (Å²) in [7, 11) is 0. The van der Waals surface area contributed by atoms with Crippen molar-refractivity contribution >= 4 is 0 Å². The molecule has 2 heteroatoms. The molecule has 0 saturated heterocycles. The lowest BCUT2D eigenvalue weighted by atomic mass is 9.85. The molecule has 0 amide bonds. The molecular formula is C11H22N2. The Morgan fingerprint density at radius 3 is 2.69 bits per heavy atom. The Kier molecular flexibility index (Phi) is 2.89. The fourth-order valence-electron chi connectivity index (χ4n) is 3.20. The van der Waals surface area contributed by atoms with Crippen LogP contribution in [-0.4, -0.2) is 19.1 Å². The number of hydrogen-bond donors (Lipinski definition) is 2. The van der Waals surface area contributed by atoms with Crippen molar-refractivity contribution in [3.05, 3.63) is 0 Å². The predicted molar refractivity (Wildman–Crippen MR) is 55.5 cm³/mol. The minimum Gasteiger partial charge on any atom is -0.327 e. The summed E-state index contributed by atoms with van der Waals surface area (Å²) in [4.78, 5) is 0. The van der Waals surface area contributed by atoms with E-state index < -0.39 is 0 Å². The molecule has 4 atom stereocenters. The zero-order valence-corrected chi connectivity index (χ0v) is 8.63. The Morgan fingerprint density at radius 1 is 1.31 bits per heavy atom. The van der Waals surface area contributed by atoms with Crippen LogP contribution in [0.5, 0.6) is 0 Å². The first kappa shape index (κ1) is 9.47. The van der Waals surface area contributed by atoms with E-state index in [1.54, 1.807) is 0 Å². The van der Waals surface area contributed by atoms with E-state index in [2.05, 4.69) is 12.2 Å². The van der Waals surface area contributed by atoms with Crippen molar-refractivity contribution in [1.29, 1.82) is 0 Å². The van der Waals surface area contributed by atoms with E-state index in [1.165, 1.54) is 25.7 Å². The summed E-state index contributed by atoms with van der Waals surface area (Å²) in [6, 6.07) is 0.503. The molecule has 0 aromatic rings. The van der Waals surface area contributed by atoms with Gasteiger partial charge in [0, 0.05) is 6.04 Å². The first-order chi connectivity index (χ1) is 6.33. The second-order valence-corrected chi connectivity index (χ2v) is 4.78. The molecule has 0 spiro atoms. The maximum atomic E-state index is 6.21. The number of nitrogens with two attached hydrogens (primary N) is 1. The molecule has 2 aliphatic carbocycles. The molecule has 13 heavy (non-hydrogen) atoms. The molecule has 2 rings (SSSR count). The summed E-state index contributed by atoms with van der Waals surface area (Å²) in [6.45, 7) is 4.53. The lowest BCUT2D eigenvalue weighted by Crippen LogP contribution is -2.41. The van der Waals surface area contributed by atoms with Crippen LogP contribution in [-0.2, 0) is 0 Å². The SMILES string of the molecule is CCCNCC1C2CCC(C2)C1N. The Bertz CT molecular complexity index is 167. The lowest BCUT2D eigenvalue weighted by Gasteiger charge is -2.28. The molecule has 2 fully saturated rings. The molecule has 2 bridgehead atoms. The van der Waals surface area contributed by atoms with Gasteiger partial charge < -0.3 is 11.1 Å². The van der Waals surface area contributed by atoms with Gasteiger partial charge in [-0.3, -0.25) is 0 Å². The standard InChI is InChI=1S/C11H22N2/c1-2-5-13-7-10-8-3-4-9(6-8)11(10)12/h8-11,13H,2-7,12H2,1H3. The molecular weight excluding hydrogens is 160 g/mol. The van der Waals surface area contributed by atoms with Gasteiger partial charge >= 0.3 is 0 Å². The maximum Gasteiger partial charge on any atom is 0.0110 e. The van der Waals surface area contributed by atoms with Crippen LogP contribution in [0, 0.1) is 17.8 Å². The highest BCUT2D eigenvalue weighted by Crippen LogP contribution is 2.47. The highest BCUT2D eigenvalue weighted by molar-refractivity contribution is 4.99. The average Bonchev–Trinajstić information content (AvgIpc) is 2.69. The van der Waals surface area contributed by atoms with Gasteiger partial charge in [0.25, 0.3) is 0 Å². The van der Waals surface area contributed by atoms with Gasteiger partial charge in [0.2, 0.25) is 0 Å². The average molecular weight is 182 g/mol. The van der Waals surface area contributed by atoms with E-state index in [-0.39, 0.29) is 0 Å². The Labute approximate surface area is 81.3 Å². The van der Waals surface area contributed by atoms with Crippen LogP contribution in [0.25, 0.3) is 0 Å². The normalized spacial score (nSPS) is 42.9. The van der Waals surface area contributed by atoms with Gasteiger partial charge in [0.05, 0.1) is 0 Å². The molecule has 0 aliphatic heterocycles. The summed E-state index contributed by atoms with van der Waals surface area (Å²) < 4.78 is 0. The second-order valence-electron chi connectivity index (χ2n) is 4.78. The summed E-state index contributed by atoms with van der Waals surface area (Å²) in [5.74, 6) is 2.59. The monoisotopic (exact) mass is 182 g/mol. The van der Waals surface area contributed by atoms with Crippen LogP contribution in [0.2, 0.25) is 0 Å². The largest absolute Gasteiger partial charge is 0.327 e. The van der Waals surface area contributed by atoms with Crippen molar-refractivity contribution in [3.8, 4) is 0 Å². The number of hydrogen-bond acceptors (Lipinski definition) is 2. The number of fused-ring (bicyclic) bond motifs is 2. The molecule has 0 heterocycles. The lowest BCUT2D eigenvalue weighted by molar-refractivity contribution is 0.279. The molecule has 2 nitrogen and oxygen atoms in total. The minimum atomic E-state index is 0.503. The third-order valence-electron chi connectivity index (χ3n) is 3.96. The van der Waals surface area contributed by atoms with E-state index in [0.29, 0.717) is 6.04 Å². The fraction of sp³-hybridized carbons (Fsp3) is 1.00. The van der Waals surface area contributed by atoms with Crippen LogP contribution < -0.4 is 11.1 Å². The van der Waals surface area contributed by atoms with E-state index in [1.807, 2.05) is 0 Å². The molecule has 0 aromatic carbocycles. The van der Waals surface area contributed by atoms with E-state index in [4.69, 9.17) is 5.73 Å². The molecule has 2 saturated carbocycles. The topological polar surface area (TPSA) is 38.0 Å². The van der Waals surface area contributed by atoms with Gasteiger partial charge in [0.15, 0.2) is 0 Å². The summed E-state index contributed by atoms with van der Waals surface area (Å²) in [5.41, 5.74) is 6.21. The fourth-order valence-corrected chi connectivity index (χ4v) is 3.20. The highest BCUT2D eigenvalue weighted by Gasteiger charge is 2.45. The van der Waals surface area contributed by atoms with Gasteiger partial charge in [-0.05, 0) is 56.5 Å². The highest BCUT2D eigenvalue weighted by atomic mass is 14.9. The predicted octanol–water partition coefficient (Wildman–Crippen LogP) is 1.36. The van der Waals surface area contributed by atoms with Gasteiger partial charge in [-0.2, -0.15) is 0 Å². The first-order valence-corrected chi connectivity index (χ1v) is 5.79. The van der Waals surface area contributed by atoms with Crippen LogP contribution in [0.4, 0.5) is 0 Å². The van der Waals surface area contributed by atoms with Crippen molar-refractivity contribution in [2.75, 3.05) is 13.1 Å². The van der Waals surface area contributed by atoms with Crippen LogP contribution >= 0.6 is 0 Å². The van der Waals surface area contributed by atoms with Crippen molar-refractivity contribution in [1.82, 2.24) is 5.32 Å². The summed E-state index contributed by atoms with van der Waals surface area (Å²) >= 11 is 0. The molecule has 2 aliphatic rings. The number of rotatable bonds is 4. The third-order valence-corrected chi connectivity index (χ3v) is 3.96. The second kappa shape index (κ2) is 3.97. The van der Waals surface area contributed by atoms with Crippen LogP contribution in [0.15, 0.2) is 0 Å². The molecule has 3 N–H and O–H groups in total. The van der Waals surface area contributed by atoms with Crippen molar-refractivity contribution in [3.63, 3.8) is 0 Å². The number of nitrogens with one attached hydrogen (secondary N) is 1. The maximum absolute atomic E-state index is 6.21. The molecule has 76 valence electrons. The molecule has 4 unspecified atom stereocenters. The van der Waals surface area contributed by atoms with Gasteiger partial charge in [-0.1, -0.05) is 6.92 Å². The van der Waals surface area contributed by atoms with E-state index >= 15 is 0 Å². The van der Waals surface area contributed by atoms with Crippen molar-refractivity contribution in [2.45, 2.75) is 38.6 Å². The smallest absolute Gasteiger partial charge is 0.0110 e. The Balaban J connectivity index is 1.79. The van der Waals surface area contributed by atoms with Crippen LogP contribution in [0.3, 0.4) is 0 Å². The Hall–Kier alpha value is -0.0800. The van der Waals surface area contributed by atoms with Crippen LogP contribution in [0.1, 0.15) is 32.6 Å². The quantitative estimate of drug-likeness (QED) is 0.644. The summed E-state index contributed by atoms with van der Waals surface area (Å²) in [5, 5.41) is 3.51. The van der Waals surface area contributed by atoms with Gasteiger partial charge in [-0.25, -0.2) is 0 Å². The molecule has 0 radical (unpaired) electrons. The zero-order chi connectivity index (χ0) is 9.26. The first-order valence-electron chi connectivity index (χ1n) is 5.79. The van der Waals surface area contributed by atoms with E-state index in [9.17, 15) is 0 Å². The van der Waals surface area contributed by atoms with Crippen molar-refractivity contribution < 1.29 is 0 Å². The van der Waals surface area contributed by atoms with Gasteiger partial charge in [0.1, 0.15) is 0 Å². The van der Waals surface area contributed by atoms with Crippen molar-refractivity contribution in [2.24, 2.45) is 23.5 Å². The third kappa shape index (κ3) is 1.75. The Morgan fingerprint density at radius 2 is 2.08 bits per heavy atom. The molecule has 0 aromatic heterocycles. The van der Waals surface area contributed by atoms with E-state index in [0.717, 1.165) is 30.8 Å². The minimum absolute atomic E-state index is 0.503.